The van der Waals surface area contributed by atoms with Crippen LogP contribution in [0.1, 0.15) is 31.4 Å². The van der Waals surface area contributed by atoms with E-state index in [-0.39, 0.29) is 17.0 Å². The largest absolute Gasteiger partial charge is 0.392 e. The molecule has 1 aromatic rings. The number of hydrogen-bond donors (Lipinski definition) is 3. The number of aromatic nitrogens is 1. The molecule has 1 aromatic heterocycles. The number of H-pyrrole nitrogens is 1. The van der Waals surface area contributed by atoms with Crippen LogP contribution in [0, 0.1) is 0 Å². The first-order valence-electron chi connectivity index (χ1n) is 5.34. The number of nitrogens with one attached hydrogen (secondary N) is 2. The van der Waals surface area contributed by atoms with E-state index in [0.717, 1.165) is 25.0 Å². The molecule has 1 saturated carbocycles. The highest BCUT2D eigenvalue weighted by Crippen LogP contribution is 2.18. The van der Waals surface area contributed by atoms with Crippen molar-refractivity contribution in [2.45, 2.75) is 44.4 Å². The molecule has 0 bridgehead atoms. The fourth-order valence-electron chi connectivity index (χ4n) is 1.99. The van der Waals surface area contributed by atoms with Gasteiger partial charge in [-0.15, -0.1) is 0 Å². The van der Waals surface area contributed by atoms with E-state index >= 15 is 0 Å². The van der Waals surface area contributed by atoms with Crippen molar-refractivity contribution < 1.29 is 5.11 Å². The molecule has 1 fully saturated rings. The van der Waals surface area contributed by atoms with Crippen molar-refractivity contribution in [1.29, 1.82) is 0 Å². The van der Waals surface area contributed by atoms with Crippen LogP contribution >= 0.6 is 11.3 Å². The Morgan fingerprint density at radius 1 is 1.53 bits per heavy atom. The molecule has 0 aliphatic heterocycles. The second kappa shape index (κ2) is 4.92. The summed E-state index contributed by atoms with van der Waals surface area (Å²) in [5.41, 5.74) is 0.905. The summed E-state index contributed by atoms with van der Waals surface area (Å²) in [6.45, 7) is 0.639. The van der Waals surface area contributed by atoms with Gasteiger partial charge in [-0.3, -0.25) is 4.79 Å². The van der Waals surface area contributed by atoms with Gasteiger partial charge in [0, 0.05) is 23.7 Å². The van der Waals surface area contributed by atoms with Crippen LogP contribution in [0.4, 0.5) is 0 Å². The number of thiazole rings is 1. The maximum absolute atomic E-state index is 10.9. The van der Waals surface area contributed by atoms with Crippen LogP contribution in [0.25, 0.3) is 0 Å². The minimum absolute atomic E-state index is 0.0176. The lowest BCUT2D eigenvalue weighted by molar-refractivity contribution is 0.0901. The van der Waals surface area contributed by atoms with Gasteiger partial charge in [0.25, 0.3) is 0 Å². The zero-order valence-electron chi connectivity index (χ0n) is 8.53. The molecule has 5 heteroatoms. The van der Waals surface area contributed by atoms with Crippen LogP contribution in [0.2, 0.25) is 0 Å². The Bertz CT molecular complexity index is 360. The lowest BCUT2D eigenvalue weighted by atomic mass is 9.92. The smallest absolute Gasteiger partial charge is 0.304 e. The van der Waals surface area contributed by atoms with Crippen molar-refractivity contribution in [1.82, 2.24) is 10.3 Å². The summed E-state index contributed by atoms with van der Waals surface area (Å²) in [7, 11) is 0. The predicted octanol–water partition coefficient (Wildman–Crippen LogP) is 0.829. The van der Waals surface area contributed by atoms with Crippen molar-refractivity contribution in [2.75, 3.05) is 0 Å². The average Bonchev–Trinajstić information content (AvgIpc) is 2.63. The van der Waals surface area contributed by atoms with E-state index in [1.54, 1.807) is 0 Å². The molecule has 0 spiro atoms. The van der Waals surface area contributed by atoms with Crippen LogP contribution < -0.4 is 10.2 Å². The van der Waals surface area contributed by atoms with Gasteiger partial charge in [0.15, 0.2) is 0 Å². The van der Waals surface area contributed by atoms with E-state index in [1.807, 2.05) is 5.38 Å². The van der Waals surface area contributed by atoms with Crippen molar-refractivity contribution in [3.8, 4) is 0 Å². The Labute approximate surface area is 92.3 Å². The molecule has 1 aliphatic rings. The molecule has 2 atom stereocenters. The Hall–Kier alpha value is -0.650. The molecule has 0 unspecified atom stereocenters. The zero-order chi connectivity index (χ0) is 10.7. The number of aliphatic hydroxyl groups excluding tert-OH is 1. The highest BCUT2D eigenvalue weighted by molar-refractivity contribution is 7.07. The van der Waals surface area contributed by atoms with Crippen molar-refractivity contribution in [3.63, 3.8) is 0 Å². The highest BCUT2D eigenvalue weighted by Gasteiger charge is 2.22. The molecule has 15 heavy (non-hydrogen) atoms. The van der Waals surface area contributed by atoms with Gasteiger partial charge < -0.3 is 15.4 Å². The highest BCUT2D eigenvalue weighted by atomic mass is 32.1. The summed E-state index contributed by atoms with van der Waals surface area (Å²) < 4.78 is 0. The summed E-state index contributed by atoms with van der Waals surface area (Å²) in [4.78, 5) is 13.6. The van der Waals surface area contributed by atoms with Crippen LogP contribution in [-0.2, 0) is 6.54 Å². The molecule has 1 heterocycles. The van der Waals surface area contributed by atoms with E-state index in [4.69, 9.17) is 0 Å². The molecule has 2 rings (SSSR count). The Kier molecular flexibility index (Phi) is 3.56. The second-order valence-corrected chi connectivity index (χ2v) is 4.85. The summed E-state index contributed by atoms with van der Waals surface area (Å²) >= 11 is 1.18. The molecular weight excluding hydrogens is 212 g/mol. The minimum Gasteiger partial charge on any atom is -0.392 e. The van der Waals surface area contributed by atoms with E-state index < -0.39 is 0 Å². The van der Waals surface area contributed by atoms with Gasteiger partial charge in [0.05, 0.1) is 6.10 Å². The number of rotatable bonds is 3. The van der Waals surface area contributed by atoms with Gasteiger partial charge in [0.1, 0.15) is 0 Å². The number of hydrogen-bond acceptors (Lipinski definition) is 4. The monoisotopic (exact) mass is 228 g/mol. The fourth-order valence-corrected chi connectivity index (χ4v) is 2.57. The Balaban J connectivity index is 1.84. The lowest BCUT2D eigenvalue weighted by Crippen LogP contribution is -2.41. The van der Waals surface area contributed by atoms with Crippen molar-refractivity contribution in [3.05, 3.63) is 20.7 Å². The first kappa shape index (κ1) is 10.9. The summed E-state index contributed by atoms with van der Waals surface area (Å²) in [6.07, 6.45) is 3.97. The molecule has 3 N–H and O–H groups in total. The van der Waals surface area contributed by atoms with Crippen molar-refractivity contribution >= 4 is 11.3 Å². The first-order valence-corrected chi connectivity index (χ1v) is 6.22. The summed E-state index contributed by atoms with van der Waals surface area (Å²) in [5, 5.41) is 14.8. The van der Waals surface area contributed by atoms with Crippen LogP contribution in [0.5, 0.6) is 0 Å². The molecule has 0 saturated heterocycles. The van der Waals surface area contributed by atoms with Gasteiger partial charge in [-0.2, -0.15) is 0 Å². The first-order chi connectivity index (χ1) is 7.25. The minimum atomic E-state index is -0.232. The third-order valence-electron chi connectivity index (χ3n) is 2.86. The normalized spacial score (nSPS) is 26.7. The SMILES string of the molecule is O=c1[nH]c(CN[C@H]2CCCC[C@@H]2O)cs1. The van der Waals surface area contributed by atoms with Gasteiger partial charge in [-0.1, -0.05) is 24.2 Å². The third kappa shape index (κ3) is 2.90. The summed E-state index contributed by atoms with van der Waals surface area (Å²) in [5.74, 6) is 0. The van der Waals surface area contributed by atoms with Gasteiger partial charge in [-0.25, -0.2) is 0 Å². The Morgan fingerprint density at radius 3 is 3.00 bits per heavy atom. The lowest BCUT2D eigenvalue weighted by Gasteiger charge is -2.28. The van der Waals surface area contributed by atoms with Crippen LogP contribution in [-0.4, -0.2) is 22.2 Å². The Morgan fingerprint density at radius 2 is 2.33 bits per heavy atom. The average molecular weight is 228 g/mol. The van der Waals surface area contributed by atoms with E-state index in [2.05, 4.69) is 10.3 Å². The molecule has 0 aromatic carbocycles. The molecule has 4 nitrogen and oxygen atoms in total. The van der Waals surface area contributed by atoms with Gasteiger partial charge in [0.2, 0.25) is 0 Å². The van der Waals surface area contributed by atoms with E-state index in [1.165, 1.54) is 17.8 Å². The van der Waals surface area contributed by atoms with Gasteiger partial charge >= 0.3 is 4.87 Å². The fraction of sp³-hybridized carbons (Fsp3) is 0.700. The predicted molar refractivity (Wildman–Crippen MR) is 60.0 cm³/mol. The number of aromatic amines is 1. The van der Waals surface area contributed by atoms with Crippen LogP contribution in [0.3, 0.4) is 0 Å². The molecule has 0 amide bonds. The van der Waals surface area contributed by atoms with Crippen LogP contribution in [0.15, 0.2) is 10.2 Å². The number of aliphatic hydroxyl groups is 1. The second-order valence-electron chi connectivity index (χ2n) is 4.01. The maximum Gasteiger partial charge on any atom is 0.304 e. The van der Waals surface area contributed by atoms with Crippen molar-refractivity contribution in [2.24, 2.45) is 0 Å². The molecular formula is C10H16N2O2S. The zero-order valence-corrected chi connectivity index (χ0v) is 9.35. The molecule has 84 valence electrons. The molecule has 0 radical (unpaired) electrons. The standard InChI is InChI=1S/C10H16N2O2S/c13-9-4-2-1-3-8(9)11-5-7-6-15-10(14)12-7/h6,8-9,11,13H,1-5H2,(H,12,14)/t8-,9-/m0/s1. The summed E-state index contributed by atoms with van der Waals surface area (Å²) in [6, 6.07) is 0.183. The third-order valence-corrected chi connectivity index (χ3v) is 3.57. The van der Waals surface area contributed by atoms with Gasteiger partial charge in [-0.05, 0) is 12.8 Å². The quantitative estimate of drug-likeness (QED) is 0.718. The molecule has 1 aliphatic carbocycles. The van der Waals surface area contributed by atoms with E-state index in [0.29, 0.717) is 6.54 Å². The maximum atomic E-state index is 10.9. The van der Waals surface area contributed by atoms with E-state index in [9.17, 15) is 9.90 Å². The topological polar surface area (TPSA) is 65.1 Å².